The molecule has 0 saturated carbocycles. The molecule has 1 amide bonds. The van der Waals surface area contributed by atoms with E-state index in [0.29, 0.717) is 30.4 Å². The van der Waals surface area contributed by atoms with Gasteiger partial charge in [-0.2, -0.15) is 5.26 Å². The highest BCUT2D eigenvalue weighted by Gasteiger charge is 2.23. The van der Waals surface area contributed by atoms with Gasteiger partial charge in [0.25, 0.3) is 0 Å². The molecule has 1 atom stereocenters. The van der Waals surface area contributed by atoms with Gasteiger partial charge in [-0.25, -0.2) is 9.97 Å². The summed E-state index contributed by atoms with van der Waals surface area (Å²) < 4.78 is 0. The van der Waals surface area contributed by atoms with Gasteiger partial charge in [0.15, 0.2) is 11.5 Å². The molecule has 1 N–H and O–H groups in total. The van der Waals surface area contributed by atoms with Crippen LogP contribution in [-0.4, -0.2) is 35.5 Å². The molecule has 1 unspecified atom stereocenters. The van der Waals surface area contributed by atoms with Gasteiger partial charge < -0.3 is 10.2 Å². The fourth-order valence-electron chi connectivity index (χ4n) is 2.64. The summed E-state index contributed by atoms with van der Waals surface area (Å²) in [6.45, 7) is 4.38. The van der Waals surface area contributed by atoms with Crippen molar-refractivity contribution >= 4 is 11.7 Å². The van der Waals surface area contributed by atoms with Crippen molar-refractivity contribution in [3.8, 4) is 6.07 Å². The number of carbonyl (C=O) groups excluding carboxylic acids is 1. The van der Waals surface area contributed by atoms with E-state index in [1.807, 2.05) is 6.92 Å². The van der Waals surface area contributed by atoms with Gasteiger partial charge in [-0.05, 0) is 25.2 Å². The normalized spacial score (nSPS) is 18.1. The molecule has 0 spiro atoms. The molecule has 1 saturated heterocycles. The van der Waals surface area contributed by atoms with Crippen molar-refractivity contribution in [2.45, 2.75) is 32.6 Å². The summed E-state index contributed by atoms with van der Waals surface area (Å²) in [4.78, 5) is 22.0. The number of amides is 1. The highest BCUT2D eigenvalue weighted by atomic mass is 16.1. The Morgan fingerprint density at radius 2 is 2.33 bits per heavy atom. The van der Waals surface area contributed by atoms with Crippen LogP contribution < -0.4 is 10.2 Å². The van der Waals surface area contributed by atoms with Crippen molar-refractivity contribution in [2.24, 2.45) is 5.92 Å². The first-order chi connectivity index (χ1) is 10.2. The van der Waals surface area contributed by atoms with E-state index in [0.717, 1.165) is 32.4 Å². The summed E-state index contributed by atoms with van der Waals surface area (Å²) in [5.74, 6) is 1.17. The average molecular weight is 287 g/mol. The number of aromatic nitrogens is 2. The number of hydrogen-bond donors (Lipinski definition) is 1. The van der Waals surface area contributed by atoms with Gasteiger partial charge in [0.05, 0.1) is 0 Å². The topological polar surface area (TPSA) is 81.9 Å². The maximum atomic E-state index is 11.5. The van der Waals surface area contributed by atoms with E-state index in [2.05, 4.69) is 26.3 Å². The van der Waals surface area contributed by atoms with Crippen LogP contribution in [0, 0.1) is 17.2 Å². The van der Waals surface area contributed by atoms with Gasteiger partial charge >= 0.3 is 0 Å². The lowest BCUT2D eigenvalue weighted by Gasteiger charge is -2.33. The van der Waals surface area contributed by atoms with E-state index < -0.39 is 0 Å². The second-order valence-electron chi connectivity index (χ2n) is 5.35. The van der Waals surface area contributed by atoms with E-state index in [1.54, 1.807) is 6.20 Å². The van der Waals surface area contributed by atoms with Gasteiger partial charge in [-0.1, -0.05) is 6.92 Å². The van der Waals surface area contributed by atoms with Crippen molar-refractivity contribution in [1.82, 2.24) is 15.3 Å². The molecule has 1 aromatic heterocycles. The molecule has 21 heavy (non-hydrogen) atoms. The van der Waals surface area contributed by atoms with Crippen molar-refractivity contribution in [3.63, 3.8) is 0 Å². The molecule has 6 nitrogen and oxygen atoms in total. The van der Waals surface area contributed by atoms with Crippen LogP contribution in [0.2, 0.25) is 0 Å². The Balaban J connectivity index is 1.95. The van der Waals surface area contributed by atoms with E-state index in [1.165, 1.54) is 6.20 Å². The molecule has 112 valence electrons. The van der Waals surface area contributed by atoms with Crippen molar-refractivity contribution < 1.29 is 4.79 Å². The Hall–Kier alpha value is -2.16. The Labute approximate surface area is 125 Å². The minimum atomic E-state index is 0.117. The van der Waals surface area contributed by atoms with Crippen LogP contribution in [0.1, 0.15) is 38.3 Å². The minimum Gasteiger partial charge on any atom is -0.356 e. The zero-order valence-electron chi connectivity index (χ0n) is 12.4. The van der Waals surface area contributed by atoms with E-state index in [-0.39, 0.29) is 5.91 Å². The third-order valence-corrected chi connectivity index (χ3v) is 3.67. The van der Waals surface area contributed by atoms with Crippen LogP contribution in [0.3, 0.4) is 0 Å². The maximum absolute atomic E-state index is 11.5. The first-order valence-electron chi connectivity index (χ1n) is 7.47. The maximum Gasteiger partial charge on any atom is 0.219 e. The summed E-state index contributed by atoms with van der Waals surface area (Å²) in [5, 5.41) is 12.1. The second kappa shape index (κ2) is 7.58. The van der Waals surface area contributed by atoms with E-state index >= 15 is 0 Å². The highest BCUT2D eigenvalue weighted by molar-refractivity contribution is 5.75. The molecular formula is C15H21N5O. The van der Waals surface area contributed by atoms with Crippen LogP contribution in [0.15, 0.2) is 12.4 Å². The first kappa shape index (κ1) is 15.2. The van der Waals surface area contributed by atoms with Crippen LogP contribution in [0.5, 0.6) is 0 Å². The van der Waals surface area contributed by atoms with Crippen molar-refractivity contribution in [3.05, 3.63) is 18.1 Å². The van der Waals surface area contributed by atoms with Crippen molar-refractivity contribution in [1.29, 1.82) is 5.26 Å². The summed E-state index contributed by atoms with van der Waals surface area (Å²) in [7, 11) is 0. The number of rotatable bonds is 5. The molecule has 0 aromatic carbocycles. The predicted octanol–water partition coefficient (Wildman–Crippen LogP) is 1.48. The summed E-state index contributed by atoms with van der Waals surface area (Å²) in [5.41, 5.74) is 0.369. The van der Waals surface area contributed by atoms with Crippen LogP contribution >= 0.6 is 0 Å². The van der Waals surface area contributed by atoms with Gasteiger partial charge in [-0.3, -0.25) is 4.79 Å². The van der Waals surface area contributed by atoms with Gasteiger partial charge in [-0.15, -0.1) is 0 Å². The summed E-state index contributed by atoms with van der Waals surface area (Å²) in [6.07, 6.45) is 6.73. The molecule has 6 heteroatoms. The molecule has 2 heterocycles. The lowest BCUT2D eigenvalue weighted by Crippen LogP contribution is -2.41. The average Bonchev–Trinajstić information content (AvgIpc) is 2.53. The first-order valence-corrected chi connectivity index (χ1v) is 7.47. The van der Waals surface area contributed by atoms with Gasteiger partial charge in [0.2, 0.25) is 5.91 Å². The molecule has 0 aliphatic carbocycles. The zero-order valence-corrected chi connectivity index (χ0v) is 12.4. The third-order valence-electron chi connectivity index (χ3n) is 3.67. The van der Waals surface area contributed by atoms with E-state index in [9.17, 15) is 4.79 Å². The molecule has 2 rings (SSSR count). The summed E-state index contributed by atoms with van der Waals surface area (Å²) >= 11 is 0. The fourth-order valence-corrected chi connectivity index (χ4v) is 2.64. The van der Waals surface area contributed by atoms with Crippen LogP contribution in [-0.2, 0) is 4.79 Å². The third kappa shape index (κ3) is 4.15. The molecule has 1 aromatic rings. The lowest BCUT2D eigenvalue weighted by atomic mass is 9.97. The number of carbonyl (C=O) groups is 1. The quantitative estimate of drug-likeness (QED) is 0.887. The van der Waals surface area contributed by atoms with Crippen LogP contribution in [0.25, 0.3) is 0 Å². The molecule has 1 fully saturated rings. The van der Waals surface area contributed by atoms with Gasteiger partial charge in [0, 0.05) is 38.4 Å². The van der Waals surface area contributed by atoms with Crippen LogP contribution in [0.4, 0.5) is 5.82 Å². The number of nitrogens with one attached hydrogen (secondary N) is 1. The monoisotopic (exact) mass is 287 g/mol. The molecule has 0 radical (unpaired) electrons. The number of hydrogen-bond acceptors (Lipinski definition) is 5. The predicted molar refractivity (Wildman–Crippen MR) is 79.6 cm³/mol. The SMILES string of the molecule is CCCC(=O)NCC1CCCN(c2nccnc2C#N)C1. The smallest absolute Gasteiger partial charge is 0.219 e. The largest absolute Gasteiger partial charge is 0.356 e. The zero-order chi connectivity index (χ0) is 15.1. The molecule has 0 bridgehead atoms. The summed E-state index contributed by atoms with van der Waals surface area (Å²) in [6, 6.07) is 2.09. The molecule has 1 aliphatic rings. The highest BCUT2D eigenvalue weighted by Crippen LogP contribution is 2.22. The number of nitriles is 1. The standard InChI is InChI=1S/C15H21N5O/c1-2-4-14(21)19-10-12-5-3-8-20(11-12)15-13(9-16)17-6-7-18-15/h6-7,12H,2-5,8,10-11H2,1H3,(H,19,21). The Bertz CT molecular complexity index is 525. The number of anilines is 1. The molecular weight excluding hydrogens is 266 g/mol. The van der Waals surface area contributed by atoms with Crippen molar-refractivity contribution in [2.75, 3.05) is 24.5 Å². The second-order valence-corrected chi connectivity index (χ2v) is 5.35. The lowest BCUT2D eigenvalue weighted by molar-refractivity contribution is -0.121. The Kier molecular flexibility index (Phi) is 5.50. The fraction of sp³-hybridized carbons (Fsp3) is 0.600. The van der Waals surface area contributed by atoms with E-state index in [4.69, 9.17) is 5.26 Å². The Morgan fingerprint density at radius 3 is 3.10 bits per heavy atom. The minimum absolute atomic E-state index is 0.117. The Morgan fingerprint density at radius 1 is 1.52 bits per heavy atom. The van der Waals surface area contributed by atoms with Gasteiger partial charge in [0.1, 0.15) is 6.07 Å². The number of nitrogens with zero attached hydrogens (tertiary/aromatic N) is 4. The number of piperidine rings is 1. The molecule has 1 aliphatic heterocycles.